The summed E-state index contributed by atoms with van der Waals surface area (Å²) in [6, 6.07) is 21.7. The van der Waals surface area contributed by atoms with Crippen LogP contribution in [0.5, 0.6) is 0 Å². The van der Waals surface area contributed by atoms with Crippen molar-refractivity contribution < 1.29 is 4.43 Å². The normalized spacial score (nSPS) is 12.6. The Morgan fingerprint density at radius 2 is 1.32 bits per heavy atom. The molecular formula is C22H29IOSi. The molecular weight excluding hydrogens is 435 g/mol. The first-order chi connectivity index (χ1) is 12.0. The number of halogens is 1. The fourth-order valence-electron chi connectivity index (χ4n) is 3.34. The highest BCUT2D eigenvalue weighted by atomic mass is 127. The molecule has 0 aliphatic heterocycles. The highest BCUT2D eigenvalue weighted by Crippen LogP contribution is 2.36. The van der Waals surface area contributed by atoms with E-state index in [4.69, 9.17) is 4.43 Å². The summed E-state index contributed by atoms with van der Waals surface area (Å²) in [5.74, 6) is 0. The molecule has 2 aromatic rings. The zero-order valence-electron chi connectivity index (χ0n) is 15.5. The van der Waals surface area contributed by atoms with Crippen molar-refractivity contribution in [3.63, 3.8) is 0 Å². The van der Waals surface area contributed by atoms with Crippen molar-refractivity contribution in [1.29, 1.82) is 0 Å². The number of allylic oxidation sites excluding steroid dienone is 1. The van der Waals surface area contributed by atoms with E-state index in [9.17, 15) is 0 Å². The van der Waals surface area contributed by atoms with Gasteiger partial charge < -0.3 is 4.43 Å². The van der Waals surface area contributed by atoms with Crippen LogP contribution < -0.4 is 10.4 Å². The summed E-state index contributed by atoms with van der Waals surface area (Å²) in [4.78, 5) is 0. The van der Waals surface area contributed by atoms with E-state index in [0.29, 0.717) is 0 Å². The fraction of sp³-hybridized carbons (Fsp3) is 0.364. The van der Waals surface area contributed by atoms with Gasteiger partial charge in [0, 0.05) is 11.0 Å². The molecule has 0 aromatic heterocycles. The van der Waals surface area contributed by atoms with Crippen LogP contribution >= 0.6 is 22.6 Å². The molecule has 3 heteroatoms. The molecule has 1 nitrogen and oxygen atoms in total. The predicted molar refractivity (Wildman–Crippen MR) is 121 cm³/mol. The van der Waals surface area contributed by atoms with Gasteiger partial charge in [-0.1, -0.05) is 116 Å². The Hall–Kier alpha value is -0.913. The lowest BCUT2D eigenvalue weighted by Crippen LogP contribution is -2.66. The van der Waals surface area contributed by atoms with E-state index in [1.54, 1.807) is 0 Å². The second-order valence-electron chi connectivity index (χ2n) is 7.25. The van der Waals surface area contributed by atoms with Crippen molar-refractivity contribution in [3.05, 3.63) is 72.8 Å². The monoisotopic (exact) mass is 464 g/mol. The molecule has 0 N–H and O–H groups in total. The van der Waals surface area contributed by atoms with Crippen LogP contribution in [0.2, 0.25) is 5.04 Å². The molecule has 2 aromatic carbocycles. The van der Waals surface area contributed by atoms with E-state index < -0.39 is 8.32 Å². The third-order valence-corrected chi connectivity index (χ3v) is 10.1. The third-order valence-electron chi connectivity index (χ3n) is 4.46. The third kappa shape index (κ3) is 5.05. The molecule has 0 bridgehead atoms. The average Bonchev–Trinajstić information content (AvgIpc) is 2.62. The van der Waals surface area contributed by atoms with Gasteiger partial charge in [-0.05, 0) is 28.3 Å². The molecule has 0 radical (unpaired) electrons. The molecule has 0 atom stereocenters. The van der Waals surface area contributed by atoms with E-state index in [1.807, 2.05) is 0 Å². The van der Waals surface area contributed by atoms with Crippen LogP contribution in [0.1, 0.15) is 33.6 Å². The Kier molecular flexibility index (Phi) is 7.91. The second-order valence-corrected chi connectivity index (χ2v) is 12.6. The van der Waals surface area contributed by atoms with Gasteiger partial charge in [0.15, 0.2) is 0 Å². The van der Waals surface area contributed by atoms with Gasteiger partial charge >= 0.3 is 0 Å². The summed E-state index contributed by atoms with van der Waals surface area (Å²) in [5, 5.41) is 2.76. The average molecular weight is 464 g/mol. The molecule has 0 spiro atoms. The van der Waals surface area contributed by atoms with Crippen molar-refractivity contribution in [3.8, 4) is 0 Å². The summed E-state index contributed by atoms with van der Waals surface area (Å²) in [6.45, 7) is 7.74. The first-order valence-electron chi connectivity index (χ1n) is 8.98. The zero-order valence-corrected chi connectivity index (χ0v) is 18.7. The van der Waals surface area contributed by atoms with Crippen molar-refractivity contribution in [1.82, 2.24) is 0 Å². The highest BCUT2D eigenvalue weighted by Gasteiger charge is 2.49. The smallest absolute Gasteiger partial charge is 0.261 e. The Bertz CT molecular complexity index is 607. The highest BCUT2D eigenvalue weighted by molar-refractivity contribution is 14.1. The van der Waals surface area contributed by atoms with Gasteiger partial charge in [-0.25, -0.2) is 0 Å². The van der Waals surface area contributed by atoms with Crippen LogP contribution in [-0.2, 0) is 4.43 Å². The quantitative estimate of drug-likeness (QED) is 0.169. The Morgan fingerprint density at radius 1 is 0.840 bits per heavy atom. The maximum atomic E-state index is 6.83. The summed E-state index contributed by atoms with van der Waals surface area (Å²) in [6.07, 6.45) is 6.64. The lowest BCUT2D eigenvalue weighted by molar-refractivity contribution is 0.304. The van der Waals surface area contributed by atoms with E-state index in [0.717, 1.165) is 19.4 Å². The number of rotatable bonds is 8. The summed E-state index contributed by atoms with van der Waals surface area (Å²) >= 11 is 2.41. The number of hydrogen-bond acceptors (Lipinski definition) is 1. The van der Waals surface area contributed by atoms with Crippen LogP contribution in [0.15, 0.2) is 72.8 Å². The molecule has 25 heavy (non-hydrogen) atoms. The molecule has 0 saturated carbocycles. The molecule has 0 aliphatic rings. The van der Waals surface area contributed by atoms with E-state index in [-0.39, 0.29) is 5.04 Å². The van der Waals surface area contributed by atoms with Gasteiger partial charge in [0.1, 0.15) is 0 Å². The summed E-state index contributed by atoms with van der Waals surface area (Å²) in [5.41, 5.74) is 0. The molecule has 0 unspecified atom stereocenters. The minimum absolute atomic E-state index is 0.0572. The molecule has 0 saturated heterocycles. The predicted octanol–water partition coefficient (Wildman–Crippen LogP) is 5.33. The van der Waals surface area contributed by atoms with E-state index >= 15 is 0 Å². The van der Waals surface area contributed by atoms with E-state index in [2.05, 4.69) is 116 Å². The van der Waals surface area contributed by atoms with Gasteiger partial charge in [-0.2, -0.15) is 0 Å². The number of alkyl halides is 1. The molecule has 134 valence electrons. The minimum atomic E-state index is -2.35. The van der Waals surface area contributed by atoms with Gasteiger partial charge in [-0.3, -0.25) is 0 Å². The largest absolute Gasteiger partial charge is 0.407 e. The zero-order chi connectivity index (χ0) is 18.2. The van der Waals surface area contributed by atoms with Crippen LogP contribution in [0.3, 0.4) is 0 Å². The summed E-state index contributed by atoms with van der Waals surface area (Å²) < 4.78 is 8.00. The van der Waals surface area contributed by atoms with Crippen molar-refractivity contribution in [2.45, 2.75) is 38.7 Å². The van der Waals surface area contributed by atoms with Gasteiger partial charge in [0.25, 0.3) is 8.32 Å². The van der Waals surface area contributed by atoms with Crippen molar-refractivity contribution in [2.24, 2.45) is 0 Å². The molecule has 2 rings (SSSR count). The van der Waals surface area contributed by atoms with Crippen LogP contribution in [0.4, 0.5) is 0 Å². The Morgan fingerprint density at radius 3 is 1.76 bits per heavy atom. The van der Waals surface area contributed by atoms with Crippen molar-refractivity contribution in [2.75, 3.05) is 11.0 Å². The molecule has 0 aliphatic carbocycles. The SMILES string of the molecule is CC(C)(C)[Si](OCC/C=C/CCI)(c1ccccc1)c1ccccc1. The topological polar surface area (TPSA) is 9.23 Å². The summed E-state index contributed by atoms with van der Waals surface area (Å²) in [7, 11) is -2.35. The number of benzene rings is 2. The Labute approximate surface area is 167 Å². The second kappa shape index (κ2) is 9.69. The Balaban J connectivity index is 2.39. The fourth-order valence-corrected chi connectivity index (χ4v) is 8.28. The minimum Gasteiger partial charge on any atom is -0.407 e. The molecule has 0 heterocycles. The van der Waals surface area contributed by atoms with E-state index in [1.165, 1.54) is 14.8 Å². The van der Waals surface area contributed by atoms with Gasteiger partial charge in [0.05, 0.1) is 0 Å². The van der Waals surface area contributed by atoms with Gasteiger partial charge in [-0.15, -0.1) is 0 Å². The van der Waals surface area contributed by atoms with Crippen molar-refractivity contribution >= 4 is 41.3 Å². The molecule has 0 fully saturated rings. The lowest BCUT2D eigenvalue weighted by Gasteiger charge is -2.43. The van der Waals surface area contributed by atoms with Gasteiger partial charge in [0.2, 0.25) is 0 Å². The van der Waals surface area contributed by atoms with Crippen LogP contribution in [0, 0.1) is 0 Å². The number of hydrogen-bond donors (Lipinski definition) is 0. The molecule has 0 amide bonds. The maximum Gasteiger partial charge on any atom is 0.261 e. The first kappa shape index (κ1) is 20.4. The van der Waals surface area contributed by atoms with Crippen LogP contribution in [0.25, 0.3) is 0 Å². The standard InChI is InChI=1S/C22H29IOSi/c1-22(2,3)25(20-14-8-6-9-15-20,21-16-10-7-11-17-21)24-19-13-5-4-12-18-23/h4-11,14-17H,12-13,18-19H2,1-3H3/b5-4+. The first-order valence-corrected chi connectivity index (χ1v) is 12.4. The van der Waals surface area contributed by atoms with Crippen LogP contribution in [-0.4, -0.2) is 19.4 Å². The lowest BCUT2D eigenvalue weighted by atomic mass is 10.2. The maximum absolute atomic E-state index is 6.83.